The zero-order valence-corrected chi connectivity index (χ0v) is 11.5. The monoisotopic (exact) mass is 242 g/mol. The molecule has 17 heavy (non-hydrogen) atoms. The van der Waals surface area contributed by atoms with Gasteiger partial charge < -0.3 is 15.4 Å². The molecule has 3 atom stereocenters. The second kappa shape index (κ2) is 6.97. The first kappa shape index (κ1) is 14.5. The minimum absolute atomic E-state index is 0.0307. The third-order valence-electron chi connectivity index (χ3n) is 3.41. The minimum Gasteiger partial charge on any atom is -0.383 e. The van der Waals surface area contributed by atoms with Crippen molar-refractivity contribution in [3.8, 4) is 0 Å². The maximum atomic E-state index is 12.1. The molecule has 4 heteroatoms. The van der Waals surface area contributed by atoms with Crippen molar-refractivity contribution in [3.05, 3.63) is 0 Å². The topological polar surface area (TPSA) is 50.4 Å². The Morgan fingerprint density at radius 2 is 2.18 bits per heavy atom. The SMILES string of the molecule is COCC(NC(=O)C1CCCC(C)N1)C(C)C. The number of carbonyl (C=O) groups is 1. The Kier molecular flexibility index (Phi) is 5.92. The maximum Gasteiger partial charge on any atom is 0.237 e. The first-order valence-corrected chi connectivity index (χ1v) is 6.60. The molecule has 0 saturated carbocycles. The van der Waals surface area contributed by atoms with Gasteiger partial charge in [-0.25, -0.2) is 0 Å². The predicted octanol–water partition coefficient (Wildman–Crippen LogP) is 1.30. The number of carbonyl (C=O) groups excluding carboxylic acids is 1. The van der Waals surface area contributed by atoms with E-state index in [4.69, 9.17) is 4.74 Å². The number of ether oxygens (including phenoxy) is 1. The highest BCUT2D eigenvalue weighted by atomic mass is 16.5. The van der Waals surface area contributed by atoms with Crippen LogP contribution in [0.1, 0.15) is 40.0 Å². The summed E-state index contributed by atoms with van der Waals surface area (Å²) in [6.45, 7) is 6.90. The number of amides is 1. The second-order valence-electron chi connectivity index (χ2n) is 5.37. The van der Waals surface area contributed by atoms with Crippen molar-refractivity contribution in [2.24, 2.45) is 5.92 Å². The standard InChI is InChI=1S/C13H26N2O2/c1-9(2)12(8-17-4)15-13(16)11-7-5-6-10(3)14-11/h9-12,14H,5-8H2,1-4H3,(H,15,16). The molecule has 1 aliphatic heterocycles. The smallest absolute Gasteiger partial charge is 0.237 e. The van der Waals surface area contributed by atoms with E-state index in [0.29, 0.717) is 18.6 Å². The Morgan fingerprint density at radius 1 is 1.47 bits per heavy atom. The lowest BCUT2D eigenvalue weighted by Crippen LogP contribution is -2.54. The molecule has 0 aliphatic carbocycles. The summed E-state index contributed by atoms with van der Waals surface area (Å²) in [5, 5.41) is 6.43. The van der Waals surface area contributed by atoms with Crippen LogP contribution in [-0.4, -0.2) is 37.7 Å². The molecule has 1 rings (SSSR count). The minimum atomic E-state index is -0.0307. The van der Waals surface area contributed by atoms with Crippen LogP contribution in [0.3, 0.4) is 0 Å². The maximum absolute atomic E-state index is 12.1. The van der Waals surface area contributed by atoms with Crippen molar-refractivity contribution in [3.63, 3.8) is 0 Å². The summed E-state index contributed by atoms with van der Waals surface area (Å²) < 4.78 is 5.14. The summed E-state index contributed by atoms with van der Waals surface area (Å²) in [6, 6.07) is 0.516. The number of hydrogen-bond donors (Lipinski definition) is 2. The summed E-state index contributed by atoms with van der Waals surface area (Å²) in [6.07, 6.45) is 3.23. The van der Waals surface area contributed by atoms with Gasteiger partial charge in [0, 0.05) is 13.2 Å². The molecular weight excluding hydrogens is 216 g/mol. The molecule has 1 fully saturated rings. The van der Waals surface area contributed by atoms with E-state index >= 15 is 0 Å². The zero-order valence-electron chi connectivity index (χ0n) is 11.5. The van der Waals surface area contributed by atoms with Crippen molar-refractivity contribution >= 4 is 5.91 Å². The van der Waals surface area contributed by atoms with Crippen LogP contribution in [0.15, 0.2) is 0 Å². The third-order valence-corrected chi connectivity index (χ3v) is 3.41. The molecule has 0 aromatic rings. The average Bonchev–Trinajstić information content (AvgIpc) is 2.28. The van der Waals surface area contributed by atoms with E-state index in [2.05, 4.69) is 31.4 Å². The summed E-state index contributed by atoms with van der Waals surface area (Å²) in [5.41, 5.74) is 0. The van der Waals surface area contributed by atoms with Crippen LogP contribution < -0.4 is 10.6 Å². The largest absolute Gasteiger partial charge is 0.383 e. The molecule has 1 heterocycles. The fourth-order valence-corrected chi connectivity index (χ4v) is 2.21. The van der Waals surface area contributed by atoms with Gasteiger partial charge in [0.25, 0.3) is 0 Å². The van der Waals surface area contributed by atoms with E-state index in [1.54, 1.807) is 7.11 Å². The molecule has 0 radical (unpaired) electrons. The van der Waals surface area contributed by atoms with E-state index in [9.17, 15) is 4.79 Å². The second-order valence-corrected chi connectivity index (χ2v) is 5.37. The van der Waals surface area contributed by atoms with Gasteiger partial charge in [-0.2, -0.15) is 0 Å². The number of methoxy groups -OCH3 is 1. The molecule has 0 spiro atoms. The quantitative estimate of drug-likeness (QED) is 0.764. The first-order chi connectivity index (χ1) is 8.04. The Morgan fingerprint density at radius 3 is 2.71 bits per heavy atom. The van der Waals surface area contributed by atoms with Crippen molar-refractivity contribution < 1.29 is 9.53 Å². The number of rotatable bonds is 5. The van der Waals surface area contributed by atoms with Crippen LogP contribution in [-0.2, 0) is 9.53 Å². The molecular formula is C13H26N2O2. The van der Waals surface area contributed by atoms with Crippen LogP contribution >= 0.6 is 0 Å². The first-order valence-electron chi connectivity index (χ1n) is 6.60. The fraction of sp³-hybridized carbons (Fsp3) is 0.923. The molecule has 3 unspecified atom stereocenters. The van der Waals surface area contributed by atoms with Crippen molar-refractivity contribution in [1.29, 1.82) is 0 Å². The van der Waals surface area contributed by atoms with E-state index in [1.807, 2.05) is 0 Å². The summed E-state index contributed by atoms with van der Waals surface area (Å²) >= 11 is 0. The fourth-order valence-electron chi connectivity index (χ4n) is 2.21. The van der Waals surface area contributed by atoms with Gasteiger partial charge in [0.1, 0.15) is 0 Å². The van der Waals surface area contributed by atoms with Gasteiger partial charge in [-0.3, -0.25) is 4.79 Å². The van der Waals surface area contributed by atoms with Gasteiger partial charge in [-0.15, -0.1) is 0 Å². The van der Waals surface area contributed by atoms with Crippen LogP contribution in [0.5, 0.6) is 0 Å². The molecule has 1 amide bonds. The zero-order chi connectivity index (χ0) is 12.8. The molecule has 4 nitrogen and oxygen atoms in total. The van der Waals surface area contributed by atoms with Gasteiger partial charge >= 0.3 is 0 Å². The van der Waals surface area contributed by atoms with Crippen molar-refractivity contribution in [2.45, 2.75) is 58.2 Å². The van der Waals surface area contributed by atoms with E-state index in [0.717, 1.165) is 19.3 Å². The molecule has 100 valence electrons. The summed E-state index contributed by atoms with van der Waals surface area (Å²) in [5.74, 6) is 0.507. The predicted molar refractivity (Wildman–Crippen MR) is 68.9 cm³/mol. The lowest BCUT2D eigenvalue weighted by atomic mass is 9.98. The van der Waals surface area contributed by atoms with Crippen LogP contribution in [0.25, 0.3) is 0 Å². The highest BCUT2D eigenvalue weighted by Gasteiger charge is 2.26. The molecule has 0 aromatic carbocycles. The normalized spacial score (nSPS) is 26.9. The Bertz CT molecular complexity index is 244. The number of hydrogen-bond acceptors (Lipinski definition) is 3. The Hall–Kier alpha value is -0.610. The van der Waals surface area contributed by atoms with Gasteiger partial charge in [-0.1, -0.05) is 13.8 Å². The molecule has 1 aliphatic rings. The van der Waals surface area contributed by atoms with Gasteiger partial charge in [0.15, 0.2) is 0 Å². The van der Waals surface area contributed by atoms with Gasteiger partial charge in [-0.05, 0) is 32.1 Å². The highest BCUT2D eigenvalue weighted by Crippen LogP contribution is 2.13. The van der Waals surface area contributed by atoms with Crippen LogP contribution in [0.2, 0.25) is 0 Å². The van der Waals surface area contributed by atoms with Gasteiger partial charge in [0.05, 0.1) is 18.7 Å². The van der Waals surface area contributed by atoms with Crippen LogP contribution in [0, 0.1) is 5.92 Å². The van der Waals surface area contributed by atoms with Crippen molar-refractivity contribution in [1.82, 2.24) is 10.6 Å². The molecule has 1 saturated heterocycles. The third kappa shape index (κ3) is 4.64. The van der Waals surface area contributed by atoms with E-state index in [-0.39, 0.29) is 18.0 Å². The Labute approximate surface area is 104 Å². The van der Waals surface area contributed by atoms with Crippen LogP contribution in [0.4, 0.5) is 0 Å². The molecule has 0 bridgehead atoms. The molecule has 0 aromatic heterocycles. The lowest BCUT2D eigenvalue weighted by molar-refractivity contribution is -0.125. The van der Waals surface area contributed by atoms with E-state index in [1.165, 1.54) is 0 Å². The van der Waals surface area contributed by atoms with Gasteiger partial charge in [0.2, 0.25) is 5.91 Å². The van der Waals surface area contributed by atoms with Crippen molar-refractivity contribution in [2.75, 3.05) is 13.7 Å². The summed E-state index contributed by atoms with van der Waals surface area (Å²) in [7, 11) is 1.67. The number of nitrogens with one attached hydrogen (secondary N) is 2. The Balaban J connectivity index is 2.45. The van der Waals surface area contributed by atoms with E-state index < -0.39 is 0 Å². The average molecular weight is 242 g/mol. The number of piperidine rings is 1. The highest BCUT2D eigenvalue weighted by molar-refractivity contribution is 5.82. The molecule has 2 N–H and O–H groups in total. The summed E-state index contributed by atoms with van der Waals surface area (Å²) in [4.78, 5) is 12.1. The lowest BCUT2D eigenvalue weighted by Gasteiger charge is -2.30.